The van der Waals surface area contributed by atoms with Gasteiger partial charge in [-0.15, -0.1) is 0 Å². The van der Waals surface area contributed by atoms with Crippen molar-refractivity contribution in [2.45, 2.75) is 38.1 Å². The highest BCUT2D eigenvalue weighted by atomic mass is 16.3. The molecule has 4 N–H and O–H groups in total. The largest absolute Gasteiger partial charge is 0.395 e. The molecule has 1 aliphatic carbocycles. The van der Waals surface area contributed by atoms with Crippen molar-refractivity contribution in [2.24, 2.45) is 5.84 Å². The first-order chi connectivity index (χ1) is 7.27. The van der Waals surface area contributed by atoms with Gasteiger partial charge in [-0.25, -0.2) is 5.84 Å². The van der Waals surface area contributed by atoms with Crippen molar-refractivity contribution in [1.82, 2.24) is 10.3 Å². The van der Waals surface area contributed by atoms with Gasteiger partial charge >= 0.3 is 0 Å². The maximum atomic E-state index is 11.0. The van der Waals surface area contributed by atoms with Gasteiger partial charge < -0.3 is 5.11 Å². The van der Waals surface area contributed by atoms with Crippen LogP contribution in [0, 0.1) is 0 Å². The molecule has 15 heavy (non-hydrogen) atoms. The summed E-state index contributed by atoms with van der Waals surface area (Å²) in [7, 11) is 0. The Bertz CT molecular complexity index is 193. The normalized spacial score (nSPS) is 17.3. The summed E-state index contributed by atoms with van der Waals surface area (Å²) in [6.45, 7) is 1.50. The molecule has 0 aromatic rings. The molecule has 1 aliphatic rings. The molecule has 0 aromatic heterocycles. The van der Waals surface area contributed by atoms with Crippen LogP contribution < -0.4 is 11.3 Å². The fourth-order valence-corrected chi connectivity index (χ4v) is 2.19. The lowest BCUT2D eigenvalue weighted by molar-refractivity contribution is -0.121. The van der Waals surface area contributed by atoms with E-state index in [1.807, 2.05) is 0 Å². The highest BCUT2D eigenvalue weighted by Crippen LogP contribution is 2.23. The van der Waals surface area contributed by atoms with Gasteiger partial charge in [0.2, 0.25) is 5.91 Å². The number of hydrogen-bond acceptors (Lipinski definition) is 4. The van der Waals surface area contributed by atoms with Crippen molar-refractivity contribution in [2.75, 3.05) is 19.7 Å². The summed E-state index contributed by atoms with van der Waals surface area (Å²) in [4.78, 5) is 13.2. The van der Waals surface area contributed by atoms with Crippen LogP contribution in [0.1, 0.15) is 32.1 Å². The molecule has 1 amide bonds. The number of aliphatic hydroxyl groups is 1. The first kappa shape index (κ1) is 12.4. The summed E-state index contributed by atoms with van der Waals surface area (Å²) in [5, 5.41) is 8.95. The Morgan fingerprint density at radius 2 is 2.07 bits per heavy atom. The van der Waals surface area contributed by atoms with Crippen molar-refractivity contribution in [3.8, 4) is 0 Å². The van der Waals surface area contributed by atoms with Gasteiger partial charge in [-0.3, -0.25) is 15.1 Å². The van der Waals surface area contributed by atoms with E-state index in [9.17, 15) is 4.79 Å². The number of aliphatic hydroxyl groups excluding tert-OH is 1. The van der Waals surface area contributed by atoms with Crippen LogP contribution in [0.3, 0.4) is 0 Å². The molecule has 0 unspecified atom stereocenters. The first-order valence-electron chi connectivity index (χ1n) is 5.62. The molecule has 5 nitrogen and oxygen atoms in total. The number of hydrazine groups is 1. The van der Waals surface area contributed by atoms with Gasteiger partial charge in [0.25, 0.3) is 0 Å². The van der Waals surface area contributed by atoms with E-state index < -0.39 is 0 Å². The van der Waals surface area contributed by atoms with Gasteiger partial charge in [-0.1, -0.05) is 12.8 Å². The minimum atomic E-state index is -0.143. The molecule has 88 valence electrons. The van der Waals surface area contributed by atoms with Crippen molar-refractivity contribution in [3.63, 3.8) is 0 Å². The summed E-state index contributed by atoms with van der Waals surface area (Å²) in [5.74, 6) is 4.88. The molecule has 0 spiro atoms. The summed E-state index contributed by atoms with van der Waals surface area (Å²) in [5.41, 5.74) is 2.12. The van der Waals surface area contributed by atoms with Crippen LogP contribution in [0.15, 0.2) is 0 Å². The highest BCUT2D eigenvalue weighted by molar-refractivity contribution is 5.75. The Morgan fingerprint density at radius 1 is 1.40 bits per heavy atom. The van der Waals surface area contributed by atoms with Crippen LogP contribution in [0.25, 0.3) is 0 Å². The fourth-order valence-electron chi connectivity index (χ4n) is 2.19. The van der Waals surface area contributed by atoms with Crippen molar-refractivity contribution < 1.29 is 9.90 Å². The monoisotopic (exact) mass is 215 g/mol. The van der Waals surface area contributed by atoms with Gasteiger partial charge in [0, 0.05) is 25.6 Å². The van der Waals surface area contributed by atoms with Crippen LogP contribution in [0.5, 0.6) is 0 Å². The third kappa shape index (κ3) is 4.15. The number of hydrogen-bond donors (Lipinski definition) is 3. The molecule has 0 radical (unpaired) electrons. The third-order valence-electron chi connectivity index (χ3n) is 3.02. The SMILES string of the molecule is NNC(=O)CCN(CCO)C1CCCC1. The minimum Gasteiger partial charge on any atom is -0.395 e. The topological polar surface area (TPSA) is 78.6 Å². The zero-order valence-corrected chi connectivity index (χ0v) is 9.11. The van der Waals surface area contributed by atoms with E-state index in [1.165, 1.54) is 25.7 Å². The second kappa shape index (κ2) is 6.76. The number of nitrogens with zero attached hydrogens (tertiary/aromatic N) is 1. The van der Waals surface area contributed by atoms with E-state index in [2.05, 4.69) is 10.3 Å². The van der Waals surface area contributed by atoms with Crippen LogP contribution in [0.2, 0.25) is 0 Å². The predicted octanol–water partition coefficient (Wildman–Crippen LogP) is -0.397. The molecule has 0 heterocycles. The van der Waals surface area contributed by atoms with E-state index in [0.717, 1.165) is 0 Å². The maximum Gasteiger partial charge on any atom is 0.235 e. The number of amides is 1. The molecule has 0 aliphatic heterocycles. The van der Waals surface area contributed by atoms with E-state index in [1.54, 1.807) is 0 Å². The lowest BCUT2D eigenvalue weighted by Crippen LogP contribution is -2.39. The average molecular weight is 215 g/mol. The molecule has 1 rings (SSSR count). The van der Waals surface area contributed by atoms with Crippen molar-refractivity contribution in [3.05, 3.63) is 0 Å². The Labute approximate surface area is 90.6 Å². The van der Waals surface area contributed by atoms with Crippen LogP contribution in [0.4, 0.5) is 0 Å². The molecular formula is C10H21N3O2. The van der Waals surface area contributed by atoms with Crippen LogP contribution in [-0.2, 0) is 4.79 Å². The summed E-state index contributed by atoms with van der Waals surface area (Å²) in [6, 6.07) is 0.544. The molecule has 0 aromatic carbocycles. The lowest BCUT2D eigenvalue weighted by atomic mass is 10.2. The Hall–Kier alpha value is -0.650. The van der Waals surface area contributed by atoms with Crippen LogP contribution in [-0.4, -0.2) is 41.7 Å². The van der Waals surface area contributed by atoms with Gasteiger partial charge in [-0.2, -0.15) is 0 Å². The first-order valence-corrected chi connectivity index (χ1v) is 5.62. The average Bonchev–Trinajstić information content (AvgIpc) is 2.76. The second-order valence-electron chi connectivity index (χ2n) is 4.02. The molecule has 1 fully saturated rings. The number of rotatable bonds is 6. The standard InChI is InChI=1S/C10H21N3O2/c11-12-10(15)5-6-13(7-8-14)9-3-1-2-4-9/h9,14H,1-8,11H2,(H,12,15). The number of nitrogens with one attached hydrogen (secondary N) is 1. The van der Waals surface area contributed by atoms with Crippen LogP contribution >= 0.6 is 0 Å². The smallest absolute Gasteiger partial charge is 0.235 e. The molecule has 5 heteroatoms. The third-order valence-corrected chi connectivity index (χ3v) is 3.02. The quantitative estimate of drug-likeness (QED) is 0.320. The molecule has 1 saturated carbocycles. The molecular weight excluding hydrogens is 194 g/mol. The summed E-state index contributed by atoms with van der Waals surface area (Å²) < 4.78 is 0. The predicted molar refractivity (Wildman–Crippen MR) is 57.9 cm³/mol. The van der Waals surface area contributed by atoms with E-state index in [-0.39, 0.29) is 12.5 Å². The second-order valence-corrected chi connectivity index (χ2v) is 4.02. The zero-order chi connectivity index (χ0) is 11.1. The Morgan fingerprint density at radius 3 is 2.60 bits per heavy atom. The summed E-state index contributed by atoms with van der Waals surface area (Å²) in [6.07, 6.45) is 5.30. The zero-order valence-electron chi connectivity index (χ0n) is 9.11. The van der Waals surface area contributed by atoms with Gasteiger partial charge in [0.15, 0.2) is 0 Å². The number of carbonyl (C=O) groups is 1. The minimum absolute atomic E-state index is 0.143. The van der Waals surface area contributed by atoms with E-state index in [0.29, 0.717) is 25.6 Å². The van der Waals surface area contributed by atoms with Crippen molar-refractivity contribution >= 4 is 5.91 Å². The van der Waals surface area contributed by atoms with Gasteiger partial charge in [0.1, 0.15) is 0 Å². The Kier molecular flexibility index (Phi) is 5.60. The summed E-state index contributed by atoms with van der Waals surface area (Å²) >= 11 is 0. The molecule has 0 saturated heterocycles. The van der Waals surface area contributed by atoms with Crippen molar-refractivity contribution in [1.29, 1.82) is 0 Å². The fraction of sp³-hybridized carbons (Fsp3) is 0.900. The molecule has 0 bridgehead atoms. The highest BCUT2D eigenvalue weighted by Gasteiger charge is 2.22. The maximum absolute atomic E-state index is 11.0. The van der Waals surface area contributed by atoms with E-state index in [4.69, 9.17) is 10.9 Å². The number of carbonyl (C=O) groups excluding carboxylic acids is 1. The van der Waals surface area contributed by atoms with Gasteiger partial charge in [-0.05, 0) is 12.8 Å². The van der Waals surface area contributed by atoms with Gasteiger partial charge in [0.05, 0.1) is 6.61 Å². The lowest BCUT2D eigenvalue weighted by Gasteiger charge is -2.27. The van der Waals surface area contributed by atoms with E-state index >= 15 is 0 Å². The Balaban J connectivity index is 2.32. The molecule has 0 atom stereocenters. The number of nitrogens with two attached hydrogens (primary N) is 1.